The van der Waals surface area contributed by atoms with Crippen LogP contribution in [-0.4, -0.2) is 9.97 Å². The number of hydrogen-bond donors (Lipinski definition) is 0. The molecule has 5 aromatic carbocycles. The molecule has 1 saturated carbocycles. The summed E-state index contributed by atoms with van der Waals surface area (Å²) in [5, 5.41) is 0. The molecule has 0 N–H and O–H groups in total. The van der Waals surface area contributed by atoms with Crippen molar-refractivity contribution in [2.24, 2.45) is 0 Å². The van der Waals surface area contributed by atoms with Gasteiger partial charge in [0.25, 0.3) is 0 Å². The van der Waals surface area contributed by atoms with E-state index in [1.165, 1.54) is 98.9 Å². The van der Waals surface area contributed by atoms with Crippen molar-refractivity contribution in [3.63, 3.8) is 0 Å². The molecule has 8 rings (SSSR count). The van der Waals surface area contributed by atoms with Crippen LogP contribution in [0.5, 0.6) is 0 Å². The van der Waals surface area contributed by atoms with E-state index >= 15 is 0 Å². The number of aromatic nitrogens is 2. The first-order valence-electron chi connectivity index (χ1n) is 21.6. The molecule has 0 radical (unpaired) electrons. The molecule has 0 amide bonds. The fraction of sp³-hybridized carbons (Fsp3) is 0.286. The quantitative estimate of drug-likeness (QED) is 0.139. The number of nitrogens with zero attached hydrogens (tertiary/aromatic N) is 2. The highest BCUT2D eigenvalue weighted by molar-refractivity contribution is 5.85. The Hall–Kier alpha value is -5.60. The molecule has 2 aromatic heterocycles. The molecule has 2 heteroatoms. The van der Waals surface area contributed by atoms with Crippen molar-refractivity contribution >= 4 is 0 Å². The number of benzene rings is 5. The van der Waals surface area contributed by atoms with Gasteiger partial charge in [-0.25, -0.2) is 0 Å². The lowest BCUT2D eigenvalue weighted by atomic mass is 9.83. The average molecular weight is 759 g/mol. The summed E-state index contributed by atoms with van der Waals surface area (Å²) in [5.41, 5.74) is 20.0. The van der Waals surface area contributed by atoms with Crippen LogP contribution >= 0.6 is 0 Å². The third-order valence-electron chi connectivity index (χ3n) is 12.3. The van der Waals surface area contributed by atoms with Gasteiger partial charge in [0.05, 0.1) is 11.4 Å². The highest BCUT2D eigenvalue weighted by Gasteiger charge is 2.18. The molecule has 0 bridgehead atoms. The highest BCUT2D eigenvalue weighted by Crippen LogP contribution is 2.38. The largest absolute Gasteiger partial charge is 0.256 e. The average Bonchev–Trinajstić information content (AvgIpc) is 3.25. The summed E-state index contributed by atoms with van der Waals surface area (Å²) in [6, 6.07) is 49.9. The Morgan fingerprint density at radius 3 is 1.78 bits per heavy atom. The van der Waals surface area contributed by atoms with Crippen LogP contribution in [0.25, 0.3) is 55.9 Å². The first-order valence-corrected chi connectivity index (χ1v) is 21.6. The molecule has 1 aliphatic carbocycles. The van der Waals surface area contributed by atoms with Gasteiger partial charge in [-0.1, -0.05) is 181 Å². The number of aryl methyl sites for hydroxylation is 3. The van der Waals surface area contributed by atoms with Gasteiger partial charge in [-0.2, -0.15) is 0 Å². The Balaban J connectivity index is 0.993. The van der Waals surface area contributed by atoms with Crippen LogP contribution in [0.1, 0.15) is 112 Å². The van der Waals surface area contributed by atoms with E-state index in [9.17, 15) is 0 Å². The van der Waals surface area contributed by atoms with E-state index in [1.54, 1.807) is 0 Å². The van der Waals surface area contributed by atoms with Gasteiger partial charge in [-0.15, -0.1) is 0 Å². The topological polar surface area (TPSA) is 25.8 Å². The Morgan fingerprint density at radius 2 is 1.12 bits per heavy atom. The summed E-state index contributed by atoms with van der Waals surface area (Å²) in [5.74, 6) is 1.11. The molecule has 0 unspecified atom stereocenters. The lowest BCUT2D eigenvalue weighted by molar-refractivity contribution is 0.443. The van der Waals surface area contributed by atoms with E-state index in [0.29, 0.717) is 11.8 Å². The van der Waals surface area contributed by atoms with Crippen molar-refractivity contribution in [1.82, 2.24) is 9.97 Å². The van der Waals surface area contributed by atoms with Crippen molar-refractivity contribution in [1.29, 1.82) is 0 Å². The minimum absolute atomic E-state index is 0.102. The zero-order chi connectivity index (χ0) is 40.2. The maximum Gasteiger partial charge on any atom is 0.0708 e. The predicted octanol–water partition coefficient (Wildman–Crippen LogP) is 15.4. The molecule has 0 aliphatic heterocycles. The third kappa shape index (κ3) is 8.92. The highest BCUT2D eigenvalue weighted by atomic mass is 14.7. The summed E-state index contributed by atoms with van der Waals surface area (Å²) in [4.78, 5) is 9.77. The normalized spacial score (nSPS) is 13.6. The molecule has 2 nitrogen and oxygen atoms in total. The van der Waals surface area contributed by atoms with Crippen LogP contribution in [0.4, 0.5) is 0 Å². The van der Waals surface area contributed by atoms with Gasteiger partial charge in [0.15, 0.2) is 0 Å². The van der Waals surface area contributed by atoms with E-state index in [4.69, 9.17) is 9.97 Å². The number of pyridine rings is 2. The second-order valence-electron chi connectivity index (χ2n) is 18.0. The van der Waals surface area contributed by atoms with Crippen molar-refractivity contribution < 1.29 is 0 Å². The maximum absolute atomic E-state index is 5.00. The van der Waals surface area contributed by atoms with Crippen molar-refractivity contribution in [3.8, 4) is 55.9 Å². The SMILES string of the molecule is Cc1cc(CCc2ccc(-c3ccc(C(C)(C)C)cn3)cc2)cc(-c2ccccc2-c2ccc(-c3cc(-c4ccc(C5CCCCC5)cc4)c(C(C)C)cn3)cc2)c1. The smallest absolute Gasteiger partial charge is 0.0708 e. The molecule has 0 saturated heterocycles. The zero-order valence-electron chi connectivity index (χ0n) is 35.4. The Morgan fingerprint density at radius 1 is 0.534 bits per heavy atom. The van der Waals surface area contributed by atoms with E-state index in [1.807, 2.05) is 6.20 Å². The van der Waals surface area contributed by atoms with Crippen LogP contribution < -0.4 is 0 Å². The van der Waals surface area contributed by atoms with Crippen molar-refractivity contribution in [2.45, 2.75) is 104 Å². The summed E-state index contributed by atoms with van der Waals surface area (Å²) in [6.07, 6.45) is 12.8. The minimum Gasteiger partial charge on any atom is -0.256 e. The molecular weight excluding hydrogens is 701 g/mol. The lowest BCUT2D eigenvalue weighted by Gasteiger charge is -2.22. The van der Waals surface area contributed by atoms with E-state index in [0.717, 1.165) is 35.4 Å². The summed E-state index contributed by atoms with van der Waals surface area (Å²) in [7, 11) is 0. The Bertz CT molecular complexity index is 2460. The van der Waals surface area contributed by atoms with Crippen LogP contribution in [0.15, 0.2) is 146 Å². The molecular formula is C56H58N2. The lowest BCUT2D eigenvalue weighted by Crippen LogP contribution is -2.11. The van der Waals surface area contributed by atoms with Crippen molar-refractivity contribution in [3.05, 3.63) is 179 Å². The van der Waals surface area contributed by atoms with E-state index in [-0.39, 0.29) is 5.41 Å². The van der Waals surface area contributed by atoms with Gasteiger partial charge in [-0.3, -0.25) is 9.97 Å². The van der Waals surface area contributed by atoms with Crippen LogP contribution in [0.3, 0.4) is 0 Å². The van der Waals surface area contributed by atoms with E-state index in [2.05, 4.69) is 181 Å². The Labute approximate surface area is 347 Å². The first kappa shape index (κ1) is 39.2. The second-order valence-corrected chi connectivity index (χ2v) is 18.0. The molecule has 292 valence electrons. The maximum atomic E-state index is 5.00. The van der Waals surface area contributed by atoms with Crippen LogP contribution in [-0.2, 0) is 18.3 Å². The summed E-state index contributed by atoms with van der Waals surface area (Å²) < 4.78 is 0. The van der Waals surface area contributed by atoms with Gasteiger partial charge < -0.3 is 0 Å². The van der Waals surface area contributed by atoms with Crippen LogP contribution in [0.2, 0.25) is 0 Å². The Kier molecular flexibility index (Phi) is 11.6. The van der Waals surface area contributed by atoms with E-state index < -0.39 is 0 Å². The fourth-order valence-corrected chi connectivity index (χ4v) is 8.81. The molecule has 0 atom stereocenters. The van der Waals surface area contributed by atoms with Crippen molar-refractivity contribution in [2.75, 3.05) is 0 Å². The third-order valence-corrected chi connectivity index (χ3v) is 12.3. The summed E-state index contributed by atoms with van der Waals surface area (Å²) in [6.45, 7) is 13.4. The number of hydrogen-bond acceptors (Lipinski definition) is 2. The van der Waals surface area contributed by atoms with Gasteiger partial charge in [-0.05, 0) is 123 Å². The van der Waals surface area contributed by atoms with Gasteiger partial charge >= 0.3 is 0 Å². The van der Waals surface area contributed by atoms with Gasteiger partial charge in [0.2, 0.25) is 0 Å². The fourth-order valence-electron chi connectivity index (χ4n) is 8.81. The monoisotopic (exact) mass is 758 g/mol. The summed E-state index contributed by atoms with van der Waals surface area (Å²) >= 11 is 0. The second kappa shape index (κ2) is 17.1. The van der Waals surface area contributed by atoms with Crippen LogP contribution in [0, 0.1) is 6.92 Å². The molecule has 2 heterocycles. The minimum atomic E-state index is 0.102. The molecule has 1 aliphatic rings. The molecule has 58 heavy (non-hydrogen) atoms. The molecule has 0 spiro atoms. The first-order chi connectivity index (χ1) is 28.1. The molecule has 1 fully saturated rings. The zero-order valence-corrected chi connectivity index (χ0v) is 35.4. The standard InChI is InChI=1S/C56H58N2/c1-38(2)53-37-58-55(35-52(53)45-24-22-43(23-25-45)42-12-8-7-9-13-42)47-28-26-44(27-29-47)50-14-10-11-15-51(50)48-33-39(3)32-41(34-48)17-16-40-18-20-46(21-19-40)54-31-30-49(36-57-54)56(4,5)6/h10-11,14-15,18-38,42H,7-9,12-13,16-17H2,1-6H3. The molecule has 7 aromatic rings. The number of rotatable bonds is 10. The van der Waals surface area contributed by atoms with Gasteiger partial charge in [0.1, 0.15) is 0 Å². The predicted molar refractivity (Wildman–Crippen MR) is 246 cm³/mol. The van der Waals surface area contributed by atoms with Gasteiger partial charge in [0, 0.05) is 23.5 Å².